The summed E-state index contributed by atoms with van der Waals surface area (Å²) in [5.74, 6) is 1.19. The first-order valence-corrected chi connectivity index (χ1v) is 5.85. The lowest BCUT2D eigenvalue weighted by atomic mass is 10.4. The summed E-state index contributed by atoms with van der Waals surface area (Å²) < 4.78 is 0. The highest BCUT2D eigenvalue weighted by atomic mass is 35.5. The second-order valence-electron chi connectivity index (χ2n) is 3.20. The molecule has 0 aromatic carbocycles. The second kappa shape index (κ2) is 4.80. The van der Waals surface area contributed by atoms with Crippen molar-refractivity contribution in [1.82, 2.24) is 25.1 Å². The highest BCUT2D eigenvalue weighted by Crippen LogP contribution is 2.28. The molecule has 1 N–H and O–H groups in total. The van der Waals surface area contributed by atoms with Crippen LogP contribution in [0.3, 0.4) is 0 Å². The maximum absolute atomic E-state index is 10.9. The van der Waals surface area contributed by atoms with Crippen molar-refractivity contribution in [2.75, 3.05) is 0 Å². The maximum Gasteiger partial charge on any atom is 0.214 e. The van der Waals surface area contributed by atoms with E-state index in [0.717, 1.165) is 0 Å². The molecule has 17 heavy (non-hydrogen) atoms. The molecule has 88 valence electrons. The maximum atomic E-state index is 10.9. The van der Waals surface area contributed by atoms with Gasteiger partial charge < -0.3 is 0 Å². The third-order valence-corrected chi connectivity index (χ3v) is 3.02. The number of aldehydes is 1. The van der Waals surface area contributed by atoms with Crippen LogP contribution in [0.1, 0.15) is 22.0 Å². The monoisotopic (exact) mass is 269 g/mol. The van der Waals surface area contributed by atoms with Crippen LogP contribution in [0.15, 0.2) is 10.2 Å². The second-order valence-corrected chi connectivity index (χ2v) is 4.52. The van der Waals surface area contributed by atoms with Gasteiger partial charge in [0.2, 0.25) is 5.16 Å². The standard InChI is InChI=1S/C9H8ClN5OS/c1-4-11-7(10)6(3-16)8(12-4)17-9-13-5(2)14-15-9/h3H,1-2H3,(H,13,14,15). The Balaban J connectivity index is 2.41. The third-order valence-electron chi connectivity index (χ3n) is 1.86. The summed E-state index contributed by atoms with van der Waals surface area (Å²) in [6.07, 6.45) is 0.629. The van der Waals surface area contributed by atoms with Gasteiger partial charge in [-0.1, -0.05) is 11.6 Å². The van der Waals surface area contributed by atoms with E-state index in [1.165, 1.54) is 11.8 Å². The van der Waals surface area contributed by atoms with Crippen LogP contribution in [0, 0.1) is 13.8 Å². The van der Waals surface area contributed by atoms with Gasteiger partial charge in [0.15, 0.2) is 6.29 Å². The topological polar surface area (TPSA) is 84.4 Å². The number of aromatic nitrogens is 5. The quantitative estimate of drug-likeness (QED) is 0.676. The Morgan fingerprint density at radius 1 is 1.29 bits per heavy atom. The SMILES string of the molecule is Cc1nc(Cl)c(C=O)c(Sc2n[nH]c(C)n2)n1. The molecule has 0 bridgehead atoms. The number of nitrogens with one attached hydrogen (secondary N) is 1. The van der Waals surface area contributed by atoms with E-state index < -0.39 is 0 Å². The fourth-order valence-electron chi connectivity index (χ4n) is 1.15. The van der Waals surface area contributed by atoms with Gasteiger partial charge in [-0.25, -0.2) is 15.0 Å². The minimum absolute atomic E-state index is 0.141. The van der Waals surface area contributed by atoms with Crippen LogP contribution < -0.4 is 0 Å². The van der Waals surface area contributed by atoms with Gasteiger partial charge in [-0.05, 0) is 25.6 Å². The lowest BCUT2D eigenvalue weighted by Gasteiger charge is -2.03. The molecule has 0 amide bonds. The number of carbonyl (C=O) groups excluding carboxylic acids is 1. The van der Waals surface area contributed by atoms with Crippen LogP contribution >= 0.6 is 23.4 Å². The van der Waals surface area contributed by atoms with Crippen LogP contribution in [0.4, 0.5) is 0 Å². The number of nitrogens with zero attached hydrogens (tertiary/aromatic N) is 4. The summed E-state index contributed by atoms with van der Waals surface area (Å²) >= 11 is 7.03. The first-order chi connectivity index (χ1) is 8.10. The molecule has 0 saturated heterocycles. The molecule has 8 heteroatoms. The average Bonchev–Trinajstić information content (AvgIpc) is 2.63. The Hall–Kier alpha value is -1.47. The summed E-state index contributed by atoms with van der Waals surface area (Å²) in [7, 11) is 0. The normalized spacial score (nSPS) is 10.5. The molecule has 0 aliphatic heterocycles. The molecule has 0 saturated carbocycles. The molecule has 0 aliphatic rings. The van der Waals surface area contributed by atoms with E-state index in [9.17, 15) is 4.79 Å². The third kappa shape index (κ3) is 2.62. The molecular formula is C9H8ClN5OS. The summed E-state index contributed by atoms with van der Waals surface area (Å²) in [5, 5.41) is 7.74. The van der Waals surface area contributed by atoms with Gasteiger partial charge in [-0.3, -0.25) is 9.89 Å². The molecule has 2 aromatic rings. The van der Waals surface area contributed by atoms with Crippen molar-refractivity contribution in [2.24, 2.45) is 0 Å². The van der Waals surface area contributed by atoms with Crippen molar-refractivity contribution in [1.29, 1.82) is 0 Å². The fraction of sp³-hybridized carbons (Fsp3) is 0.222. The fourth-order valence-corrected chi connectivity index (χ4v) is 2.35. The van der Waals surface area contributed by atoms with Crippen LogP contribution in [0.5, 0.6) is 0 Å². The zero-order valence-electron chi connectivity index (χ0n) is 9.06. The number of hydrogen-bond acceptors (Lipinski definition) is 6. The Morgan fingerprint density at radius 3 is 2.65 bits per heavy atom. The van der Waals surface area contributed by atoms with Crippen molar-refractivity contribution in [3.8, 4) is 0 Å². The minimum Gasteiger partial charge on any atom is -0.298 e. The lowest BCUT2D eigenvalue weighted by Crippen LogP contribution is -1.98. The summed E-state index contributed by atoms with van der Waals surface area (Å²) in [6, 6.07) is 0. The zero-order valence-corrected chi connectivity index (χ0v) is 10.6. The van der Waals surface area contributed by atoms with E-state index in [0.29, 0.717) is 28.1 Å². The molecule has 2 rings (SSSR count). The summed E-state index contributed by atoms with van der Waals surface area (Å²) in [6.45, 7) is 3.49. The Kier molecular flexibility index (Phi) is 3.39. The highest BCUT2D eigenvalue weighted by molar-refractivity contribution is 7.99. The van der Waals surface area contributed by atoms with E-state index in [-0.39, 0.29) is 10.7 Å². The van der Waals surface area contributed by atoms with Crippen molar-refractivity contribution >= 4 is 29.6 Å². The highest BCUT2D eigenvalue weighted by Gasteiger charge is 2.14. The van der Waals surface area contributed by atoms with Gasteiger partial charge >= 0.3 is 0 Å². The molecule has 2 aromatic heterocycles. The first kappa shape index (κ1) is 12.0. The van der Waals surface area contributed by atoms with Gasteiger partial charge in [0.05, 0.1) is 5.56 Å². The first-order valence-electron chi connectivity index (χ1n) is 4.66. The smallest absolute Gasteiger partial charge is 0.214 e. The van der Waals surface area contributed by atoms with Gasteiger partial charge in [-0.15, -0.1) is 5.10 Å². The molecule has 0 aliphatic carbocycles. The lowest BCUT2D eigenvalue weighted by molar-refractivity contribution is 0.112. The van der Waals surface area contributed by atoms with E-state index in [1.807, 2.05) is 0 Å². The van der Waals surface area contributed by atoms with Gasteiger partial charge in [0.25, 0.3) is 0 Å². The van der Waals surface area contributed by atoms with E-state index in [1.54, 1.807) is 13.8 Å². The summed E-state index contributed by atoms with van der Waals surface area (Å²) in [4.78, 5) is 23.1. The molecule has 6 nitrogen and oxygen atoms in total. The van der Waals surface area contributed by atoms with E-state index >= 15 is 0 Å². The van der Waals surface area contributed by atoms with Crippen molar-refractivity contribution in [3.63, 3.8) is 0 Å². The average molecular weight is 270 g/mol. The van der Waals surface area contributed by atoms with Gasteiger partial charge in [-0.2, -0.15) is 0 Å². The molecule has 0 atom stereocenters. The number of hydrogen-bond donors (Lipinski definition) is 1. The van der Waals surface area contributed by atoms with Crippen LogP contribution in [-0.2, 0) is 0 Å². The molecular weight excluding hydrogens is 262 g/mol. The van der Waals surface area contributed by atoms with Crippen LogP contribution in [-0.4, -0.2) is 31.4 Å². The van der Waals surface area contributed by atoms with E-state index in [4.69, 9.17) is 11.6 Å². The predicted octanol–water partition coefficient (Wildman–Crippen LogP) is 1.83. The molecule has 2 heterocycles. The van der Waals surface area contributed by atoms with Crippen LogP contribution in [0.25, 0.3) is 0 Å². The largest absolute Gasteiger partial charge is 0.298 e. The van der Waals surface area contributed by atoms with Crippen molar-refractivity contribution in [3.05, 3.63) is 22.4 Å². The van der Waals surface area contributed by atoms with Gasteiger partial charge in [0, 0.05) is 0 Å². The van der Waals surface area contributed by atoms with E-state index in [2.05, 4.69) is 25.1 Å². The molecule has 0 fully saturated rings. The van der Waals surface area contributed by atoms with Crippen molar-refractivity contribution in [2.45, 2.75) is 24.0 Å². The number of carbonyl (C=O) groups is 1. The number of H-pyrrole nitrogens is 1. The molecule has 0 spiro atoms. The number of aromatic amines is 1. The predicted molar refractivity (Wildman–Crippen MR) is 62.4 cm³/mol. The van der Waals surface area contributed by atoms with Crippen LogP contribution in [0.2, 0.25) is 5.15 Å². The zero-order chi connectivity index (χ0) is 12.4. The van der Waals surface area contributed by atoms with Crippen molar-refractivity contribution < 1.29 is 4.79 Å². The Morgan fingerprint density at radius 2 is 2.06 bits per heavy atom. The molecule has 0 unspecified atom stereocenters. The Bertz CT molecular complexity index is 571. The van der Waals surface area contributed by atoms with Gasteiger partial charge in [0.1, 0.15) is 21.8 Å². The Labute approximate surface area is 106 Å². The molecule has 0 radical (unpaired) electrons. The number of aryl methyl sites for hydroxylation is 2. The summed E-state index contributed by atoms with van der Waals surface area (Å²) in [5.41, 5.74) is 0.254. The number of halogens is 1. The number of rotatable bonds is 3. The minimum atomic E-state index is 0.141.